The standard InChI is InChI=1S/C17H20F3NO3/c18-17(19,20)13-5-1-3-11(9-13)4-2-6-15(22)21-14-8-7-12(10-14)16(23)24/h1,3,5,9,12,14H,2,4,6-8,10H2,(H,21,22)(H,23,24)/t12-,14+/m0/s1. The molecule has 4 nitrogen and oxygen atoms in total. The van der Waals surface area contributed by atoms with Crippen LogP contribution in [0.3, 0.4) is 0 Å². The van der Waals surface area contributed by atoms with Gasteiger partial charge in [-0.2, -0.15) is 13.2 Å². The molecule has 1 aliphatic rings. The van der Waals surface area contributed by atoms with Crippen LogP contribution in [0.5, 0.6) is 0 Å². The Morgan fingerprint density at radius 1 is 1.25 bits per heavy atom. The van der Waals surface area contributed by atoms with Crippen LogP contribution < -0.4 is 5.32 Å². The van der Waals surface area contributed by atoms with E-state index in [1.165, 1.54) is 6.07 Å². The Hall–Kier alpha value is -2.05. The van der Waals surface area contributed by atoms with E-state index in [0.29, 0.717) is 37.7 Å². The minimum absolute atomic E-state index is 0.118. The van der Waals surface area contributed by atoms with E-state index >= 15 is 0 Å². The molecule has 0 saturated heterocycles. The normalized spacial score (nSPS) is 20.8. The predicted molar refractivity (Wildman–Crippen MR) is 81.3 cm³/mol. The van der Waals surface area contributed by atoms with Crippen molar-refractivity contribution in [2.75, 3.05) is 0 Å². The number of carboxylic acids is 1. The second-order valence-electron chi connectivity index (χ2n) is 6.16. The zero-order valence-electron chi connectivity index (χ0n) is 13.1. The van der Waals surface area contributed by atoms with Gasteiger partial charge in [0.25, 0.3) is 0 Å². The first kappa shape index (κ1) is 18.3. The molecule has 2 N–H and O–H groups in total. The zero-order chi connectivity index (χ0) is 17.7. The maximum absolute atomic E-state index is 12.6. The molecule has 1 amide bonds. The first-order chi connectivity index (χ1) is 11.3. The molecule has 0 unspecified atom stereocenters. The number of carboxylic acid groups (broad SMARTS) is 1. The van der Waals surface area contributed by atoms with Crippen molar-refractivity contribution >= 4 is 11.9 Å². The molecular weight excluding hydrogens is 323 g/mol. The van der Waals surface area contributed by atoms with E-state index in [2.05, 4.69) is 5.32 Å². The third-order valence-electron chi connectivity index (χ3n) is 4.27. The van der Waals surface area contributed by atoms with Crippen LogP contribution in [-0.4, -0.2) is 23.0 Å². The lowest BCUT2D eigenvalue weighted by molar-refractivity contribution is -0.141. The summed E-state index contributed by atoms with van der Waals surface area (Å²) in [6.45, 7) is 0. The summed E-state index contributed by atoms with van der Waals surface area (Å²) in [4.78, 5) is 22.7. The fourth-order valence-corrected chi connectivity index (χ4v) is 2.99. The molecule has 0 spiro atoms. The molecule has 7 heteroatoms. The van der Waals surface area contributed by atoms with Gasteiger partial charge in [-0.1, -0.05) is 18.2 Å². The zero-order valence-corrected chi connectivity index (χ0v) is 13.1. The Kier molecular flexibility index (Phi) is 5.85. The van der Waals surface area contributed by atoms with Crippen molar-refractivity contribution in [2.45, 2.75) is 50.7 Å². The highest BCUT2D eigenvalue weighted by atomic mass is 19.4. The van der Waals surface area contributed by atoms with Crippen molar-refractivity contribution in [1.82, 2.24) is 5.32 Å². The molecule has 1 saturated carbocycles. The van der Waals surface area contributed by atoms with E-state index in [1.54, 1.807) is 6.07 Å². The molecule has 0 aromatic heterocycles. The lowest BCUT2D eigenvalue weighted by atomic mass is 10.0. The topological polar surface area (TPSA) is 66.4 Å². The third kappa shape index (κ3) is 5.25. The van der Waals surface area contributed by atoms with Gasteiger partial charge in [0.15, 0.2) is 0 Å². The maximum Gasteiger partial charge on any atom is 0.416 e. The van der Waals surface area contributed by atoms with E-state index in [0.717, 1.165) is 12.1 Å². The summed E-state index contributed by atoms with van der Waals surface area (Å²) in [6, 6.07) is 4.98. The molecule has 1 fully saturated rings. The molecule has 1 aromatic rings. The number of carbonyl (C=O) groups is 2. The van der Waals surface area contributed by atoms with Gasteiger partial charge in [-0.25, -0.2) is 0 Å². The predicted octanol–water partition coefficient (Wildman–Crippen LogP) is 3.40. The Morgan fingerprint density at radius 2 is 2.00 bits per heavy atom. The van der Waals surface area contributed by atoms with Gasteiger partial charge in [0.05, 0.1) is 11.5 Å². The smallest absolute Gasteiger partial charge is 0.416 e. The van der Waals surface area contributed by atoms with Crippen LogP contribution in [0, 0.1) is 5.92 Å². The summed E-state index contributed by atoms with van der Waals surface area (Å²) in [5, 5.41) is 11.7. The molecule has 1 aromatic carbocycles. The Bertz CT molecular complexity index is 601. The second-order valence-corrected chi connectivity index (χ2v) is 6.16. The van der Waals surface area contributed by atoms with Gasteiger partial charge >= 0.3 is 12.1 Å². The Morgan fingerprint density at radius 3 is 2.62 bits per heavy atom. The van der Waals surface area contributed by atoms with Gasteiger partial charge in [0.2, 0.25) is 5.91 Å². The van der Waals surface area contributed by atoms with Crippen LogP contribution in [0.15, 0.2) is 24.3 Å². The SMILES string of the molecule is O=C(CCCc1cccc(C(F)(F)F)c1)N[C@@H]1CC[C@H](C(=O)O)C1. The van der Waals surface area contributed by atoms with Gasteiger partial charge in [0, 0.05) is 12.5 Å². The highest BCUT2D eigenvalue weighted by Gasteiger charge is 2.31. The van der Waals surface area contributed by atoms with Crippen LogP contribution in [-0.2, 0) is 22.2 Å². The first-order valence-electron chi connectivity index (χ1n) is 7.94. The number of halogens is 3. The number of aliphatic carboxylic acids is 1. The van der Waals surface area contributed by atoms with Gasteiger partial charge in [0.1, 0.15) is 0 Å². The monoisotopic (exact) mass is 343 g/mol. The van der Waals surface area contributed by atoms with Crippen LogP contribution in [0.2, 0.25) is 0 Å². The number of aryl methyl sites for hydroxylation is 1. The molecule has 24 heavy (non-hydrogen) atoms. The molecule has 1 aliphatic carbocycles. The van der Waals surface area contributed by atoms with E-state index in [4.69, 9.17) is 5.11 Å². The van der Waals surface area contributed by atoms with E-state index in [-0.39, 0.29) is 18.4 Å². The molecule has 2 rings (SSSR count). The lowest BCUT2D eigenvalue weighted by Crippen LogP contribution is -2.33. The number of nitrogens with one attached hydrogen (secondary N) is 1. The van der Waals surface area contributed by atoms with Gasteiger partial charge in [-0.15, -0.1) is 0 Å². The molecule has 0 aliphatic heterocycles. The number of carbonyl (C=O) groups excluding carboxylic acids is 1. The average molecular weight is 343 g/mol. The minimum Gasteiger partial charge on any atom is -0.481 e. The lowest BCUT2D eigenvalue weighted by Gasteiger charge is -2.12. The third-order valence-corrected chi connectivity index (χ3v) is 4.27. The molecule has 0 radical (unpaired) electrons. The summed E-state index contributed by atoms with van der Waals surface area (Å²) >= 11 is 0. The van der Waals surface area contributed by atoms with Gasteiger partial charge < -0.3 is 10.4 Å². The number of rotatable bonds is 6. The van der Waals surface area contributed by atoms with Crippen LogP contribution >= 0.6 is 0 Å². The summed E-state index contributed by atoms with van der Waals surface area (Å²) < 4.78 is 37.9. The fraction of sp³-hybridized carbons (Fsp3) is 0.529. The van der Waals surface area contributed by atoms with E-state index < -0.39 is 23.6 Å². The number of amides is 1. The number of hydrogen-bond acceptors (Lipinski definition) is 2. The van der Waals surface area contributed by atoms with Crippen molar-refractivity contribution in [2.24, 2.45) is 5.92 Å². The number of benzene rings is 1. The highest BCUT2D eigenvalue weighted by molar-refractivity contribution is 5.76. The molecule has 0 bridgehead atoms. The fourth-order valence-electron chi connectivity index (χ4n) is 2.99. The Labute approximate surface area is 138 Å². The first-order valence-corrected chi connectivity index (χ1v) is 7.94. The van der Waals surface area contributed by atoms with Gasteiger partial charge in [-0.05, 0) is 43.7 Å². The average Bonchev–Trinajstić information content (AvgIpc) is 2.95. The van der Waals surface area contributed by atoms with Gasteiger partial charge in [-0.3, -0.25) is 9.59 Å². The number of hydrogen-bond donors (Lipinski definition) is 2. The molecule has 0 heterocycles. The molecule has 2 atom stereocenters. The van der Waals surface area contributed by atoms with Crippen molar-refractivity contribution in [3.8, 4) is 0 Å². The highest BCUT2D eigenvalue weighted by Crippen LogP contribution is 2.30. The summed E-state index contributed by atoms with van der Waals surface area (Å²) in [5.74, 6) is -1.42. The van der Waals surface area contributed by atoms with E-state index in [9.17, 15) is 22.8 Å². The summed E-state index contributed by atoms with van der Waals surface area (Å²) in [6.07, 6.45) is -1.67. The van der Waals surface area contributed by atoms with Crippen molar-refractivity contribution < 1.29 is 27.9 Å². The van der Waals surface area contributed by atoms with Crippen molar-refractivity contribution in [1.29, 1.82) is 0 Å². The molecular formula is C17H20F3NO3. The minimum atomic E-state index is -4.36. The second kappa shape index (κ2) is 7.68. The van der Waals surface area contributed by atoms with Crippen LogP contribution in [0.1, 0.15) is 43.2 Å². The maximum atomic E-state index is 12.6. The van der Waals surface area contributed by atoms with Crippen LogP contribution in [0.4, 0.5) is 13.2 Å². The summed E-state index contributed by atoms with van der Waals surface area (Å²) in [7, 11) is 0. The largest absolute Gasteiger partial charge is 0.481 e. The van der Waals surface area contributed by atoms with Crippen molar-refractivity contribution in [3.63, 3.8) is 0 Å². The molecule has 132 valence electrons. The number of alkyl halides is 3. The van der Waals surface area contributed by atoms with E-state index in [1.807, 2.05) is 0 Å². The Balaban J connectivity index is 1.74. The van der Waals surface area contributed by atoms with Crippen LogP contribution in [0.25, 0.3) is 0 Å². The van der Waals surface area contributed by atoms with Crippen molar-refractivity contribution in [3.05, 3.63) is 35.4 Å². The quantitative estimate of drug-likeness (QED) is 0.832. The summed E-state index contributed by atoms with van der Waals surface area (Å²) in [5.41, 5.74) is -0.139.